The molecule has 0 bridgehead atoms. The molecule has 0 saturated carbocycles. The topological polar surface area (TPSA) is 80.5 Å². The Hall–Kier alpha value is -3.45. The van der Waals surface area contributed by atoms with Gasteiger partial charge in [-0.15, -0.1) is 0 Å². The van der Waals surface area contributed by atoms with Crippen molar-refractivity contribution >= 4 is 17.4 Å². The number of nitrogens with zero attached hydrogens (tertiary/aromatic N) is 2. The highest BCUT2D eigenvalue weighted by Crippen LogP contribution is 2.35. The maximum atomic E-state index is 14.8. The van der Waals surface area contributed by atoms with Gasteiger partial charge in [0.25, 0.3) is 5.91 Å². The Morgan fingerprint density at radius 1 is 1.03 bits per heavy atom. The Labute approximate surface area is 191 Å². The normalized spacial score (nSPS) is 21.6. The summed E-state index contributed by atoms with van der Waals surface area (Å²) in [5.41, 5.74) is 11.5. The minimum atomic E-state index is -0.592. The smallest absolute Gasteiger partial charge is 0.251 e. The number of benzene rings is 2. The summed E-state index contributed by atoms with van der Waals surface area (Å²) in [6.07, 6.45) is 2.20. The molecule has 3 N–H and O–H groups in total. The molecule has 2 saturated heterocycles. The van der Waals surface area contributed by atoms with Gasteiger partial charge in [0.15, 0.2) is 0 Å². The molecule has 0 unspecified atom stereocenters. The van der Waals surface area contributed by atoms with Crippen LogP contribution in [-0.4, -0.2) is 43.2 Å². The zero-order chi connectivity index (χ0) is 22.5. The molecular weight excluding hydrogens is 419 g/mol. The van der Waals surface area contributed by atoms with Crippen LogP contribution < -0.4 is 16.0 Å². The van der Waals surface area contributed by atoms with Crippen LogP contribution in [0.25, 0.3) is 22.3 Å². The first kappa shape index (κ1) is 20.2. The number of hydrogen-bond donors (Lipinski definition) is 2. The Kier molecular flexibility index (Phi) is 4.80. The molecule has 7 heteroatoms. The van der Waals surface area contributed by atoms with Crippen LogP contribution in [0.15, 0.2) is 48.5 Å². The van der Waals surface area contributed by atoms with Gasteiger partial charge in [-0.25, -0.2) is 4.98 Å². The van der Waals surface area contributed by atoms with E-state index in [0.29, 0.717) is 35.3 Å². The largest absolute Gasteiger partial charge is 0.383 e. The first-order chi connectivity index (χ1) is 16.1. The predicted molar refractivity (Wildman–Crippen MR) is 126 cm³/mol. The average molecular weight is 445 g/mol. The number of nitrogens with two attached hydrogens (primary N) is 1. The molecule has 168 valence electrons. The molecule has 1 aromatic heterocycles. The van der Waals surface area contributed by atoms with E-state index in [4.69, 9.17) is 10.5 Å². The number of anilines is 2. The number of nitrogen functional groups attached to an aromatic ring is 1. The molecule has 2 fully saturated rings. The number of halogens is 1. The molecule has 6 rings (SSSR count). The lowest BCUT2D eigenvalue weighted by Crippen LogP contribution is -2.31. The zero-order valence-electron chi connectivity index (χ0n) is 18.2. The van der Waals surface area contributed by atoms with E-state index in [2.05, 4.69) is 15.2 Å². The summed E-state index contributed by atoms with van der Waals surface area (Å²) in [5.74, 6) is 0.0813. The fourth-order valence-electron chi connectivity index (χ4n) is 5.27. The van der Waals surface area contributed by atoms with E-state index in [-0.39, 0.29) is 11.7 Å². The van der Waals surface area contributed by atoms with Crippen molar-refractivity contribution < 1.29 is 13.9 Å². The van der Waals surface area contributed by atoms with Crippen molar-refractivity contribution in [3.05, 3.63) is 65.6 Å². The van der Waals surface area contributed by atoms with E-state index in [1.54, 1.807) is 12.1 Å². The average Bonchev–Trinajstić information content (AvgIpc) is 3.42. The van der Waals surface area contributed by atoms with Gasteiger partial charge in [-0.3, -0.25) is 4.79 Å². The van der Waals surface area contributed by atoms with Gasteiger partial charge in [0.05, 0.1) is 6.10 Å². The van der Waals surface area contributed by atoms with E-state index in [1.807, 2.05) is 36.4 Å². The highest BCUT2D eigenvalue weighted by molar-refractivity contribution is 5.97. The van der Waals surface area contributed by atoms with Crippen LogP contribution in [0.5, 0.6) is 0 Å². The molecule has 4 heterocycles. The molecule has 33 heavy (non-hydrogen) atoms. The number of ether oxygens (including phenoxy) is 1. The highest BCUT2D eigenvalue weighted by Gasteiger charge is 2.37. The van der Waals surface area contributed by atoms with Crippen LogP contribution in [0.1, 0.15) is 22.3 Å². The SMILES string of the molecule is Nc1nc(F)c(-c2ccc(N3C[C@@H]4CCO[C@@H]4C3)cc2)cc1-c1ccc2c(c1)CCNC2=O. The summed E-state index contributed by atoms with van der Waals surface area (Å²) in [6, 6.07) is 15.3. The molecule has 0 spiro atoms. The van der Waals surface area contributed by atoms with Crippen molar-refractivity contribution in [2.45, 2.75) is 18.9 Å². The summed E-state index contributed by atoms with van der Waals surface area (Å²) in [7, 11) is 0. The fraction of sp³-hybridized carbons (Fsp3) is 0.308. The number of aromatic nitrogens is 1. The monoisotopic (exact) mass is 444 g/mol. The van der Waals surface area contributed by atoms with Crippen molar-refractivity contribution in [3.63, 3.8) is 0 Å². The van der Waals surface area contributed by atoms with Crippen LogP contribution >= 0.6 is 0 Å². The Morgan fingerprint density at radius 2 is 1.85 bits per heavy atom. The molecule has 0 aliphatic carbocycles. The molecule has 2 aromatic carbocycles. The van der Waals surface area contributed by atoms with Crippen molar-refractivity contribution in [1.82, 2.24) is 10.3 Å². The van der Waals surface area contributed by atoms with Gasteiger partial charge in [0.1, 0.15) is 5.82 Å². The van der Waals surface area contributed by atoms with Gasteiger partial charge in [-0.05, 0) is 53.8 Å². The molecule has 1 amide bonds. The van der Waals surface area contributed by atoms with E-state index in [1.165, 1.54) is 0 Å². The van der Waals surface area contributed by atoms with Gasteiger partial charge in [-0.2, -0.15) is 4.39 Å². The lowest BCUT2D eigenvalue weighted by Gasteiger charge is -2.20. The summed E-state index contributed by atoms with van der Waals surface area (Å²) >= 11 is 0. The van der Waals surface area contributed by atoms with Crippen LogP contribution in [-0.2, 0) is 11.2 Å². The summed E-state index contributed by atoms with van der Waals surface area (Å²) in [5, 5.41) is 2.85. The summed E-state index contributed by atoms with van der Waals surface area (Å²) < 4.78 is 20.7. The minimum Gasteiger partial charge on any atom is -0.383 e. The predicted octanol–water partition coefficient (Wildman–Crippen LogP) is 3.65. The minimum absolute atomic E-state index is 0.0676. The lowest BCUT2D eigenvalue weighted by atomic mass is 9.94. The highest BCUT2D eigenvalue weighted by atomic mass is 19.1. The van der Waals surface area contributed by atoms with Crippen molar-refractivity contribution in [2.75, 3.05) is 36.9 Å². The Balaban J connectivity index is 1.31. The van der Waals surface area contributed by atoms with E-state index < -0.39 is 5.95 Å². The second kappa shape index (κ2) is 7.85. The fourth-order valence-corrected chi connectivity index (χ4v) is 5.27. The van der Waals surface area contributed by atoms with Gasteiger partial charge in [0, 0.05) is 54.5 Å². The third-order valence-corrected chi connectivity index (χ3v) is 7.09. The van der Waals surface area contributed by atoms with Crippen molar-refractivity contribution in [2.24, 2.45) is 5.92 Å². The summed E-state index contributed by atoms with van der Waals surface area (Å²) in [4.78, 5) is 18.4. The zero-order valence-corrected chi connectivity index (χ0v) is 18.2. The van der Waals surface area contributed by atoms with Gasteiger partial charge in [-0.1, -0.05) is 24.3 Å². The molecule has 6 nitrogen and oxygen atoms in total. The lowest BCUT2D eigenvalue weighted by molar-refractivity contribution is 0.0946. The molecule has 0 radical (unpaired) electrons. The number of pyridine rings is 1. The van der Waals surface area contributed by atoms with Crippen LogP contribution in [0.2, 0.25) is 0 Å². The van der Waals surface area contributed by atoms with Gasteiger partial charge in [0.2, 0.25) is 5.95 Å². The number of carbonyl (C=O) groups excluding carboxylic acids is 1. The number of carbonyl (C=O) groups is 1. The third-order valence-electron chi connectivity index (χ3n) is 7.09. The van der Waals surface area contributed by atoms with E-state index >= 15 is 0 Å². The van der Waals surface area contributed by atoms with Crippen LogP contribution in [0.4, 0.5) is 15.9 Å². The number of fused-ring (bicyclic) bond motifs is 2. The number of amides is 1. The van der Waals surface area contributed by atoms with E-state index in [0.717, 1.165) is 54.9 Å². The number of nitrogens with one attached hydrogen (secondary N) is 1. The van der Waals surface area contributed by atoms with Crippen LogP contribution in [0.3, 0.4) is 0 Å². The molecular formula is C26H25FN4O2. The van der Waals surface area contributed by atoms with Crippen LogP contribution in [0, 0.1) is 11.9 Å². The number of hydrogen-bond acceptors (Lipinski definition) is 5. The van der Waals surface area contributed by atoms with Gasteiger partial charge >= 0.3 is 0 Å². The maximum absolute atomic E-state index is 14.8. The second-order valence-corrected chi connectivity index (χ2v) is 9.05. The molecule has 3 aliphatic rings. The standard InChI is InChI=1S/C26H25FN4O2/c27-24-21(15-1-4-19(5-2-15)31-13-18-8-10-33-23(18)14-31)12-22(25(28)30-24)16-3-6-20-17(11-16)7-9-29-26(20)32/h1-6,11-12,18,23H,7-10,13-14H2,(H2,28,30)(H,29,32)/t18-,23+/m0/s1. The van der Waals surface area contributed by atoms with E-state index in [9.17, 15) is 9.18 Å². The van der Waals surface area contributed by atoms with Crippen molar-refractivity contribution in [3.8, 4) is 22.3 Å². The molecule has 2 atom stereocenters. The first-order valence-electron chi connectivity index (χ1n) is 11.4. The number of rotatable bonds is 3. The van der Waals surface area contributed by atoms with Crippen molar-refractivity contribution in [1.29, 1.82) is 0 Å². The summed E-state index contributed by atoms with van der Waals surface area (Å²) in [6.45, 7) is 3.38. The Bertz CT molecular complexity index is 1230. The van der Waals surface area contributed by atoms with Gasteiger partial charge < -0.3 is 20.7 Å². The molecule has 3 aliphatic heterocycles. The Morgan fingerprint density at radius 3 is 2.67 bits per heavy atom. The third kappa shape index (κ3) is 3.53. The first-order valence-corrected chi connectivity index (χ1v) is 11.4. The molecule has 3 aromatic rings. The quantitative estimate of drug-likeness (QED) is 0.603. The maximum Gasteiger partial charge on any atom is 0.251 e. The second-order valence-electron chi connectivity index (χ2n) is 9.05.